The minimum absolute atomic E-state index is 0. The molecule has 3 aromatic rings. The molecule has 0 fully saturated rings. The summed E-state index contributed by atoms with van der Waals surface area (Å²) >= 11 is 0. The summed E-state index contributed by atoms with van der Waals surface area (Å²) in [6.07, 6.45) is 1.88. The van der Waals surface area contributed by atoms with E-state index in [4.69, 9.17) is 0 Å². The highest BCUT2D eigenvalue weighted by Crippen LogP contribution is 2.22. The fourth-order valence-corrected chi connectivity index (χ4v) is 2.14. The van der Waals surface area contributed by atoms with E-state index in [2.05, 4.69) is 33.9 Å². The molecule has 0 amide bonds. The van der Waals surface area contributed by atoms with Crippen molar-refractivity contribution in [3.63, 3.8) is 0 Å². The molecule has 1 aromatic heterocycles. The van der Waals surface area contributed by atoms with E-state index in [1.54, 1.807) is 0 Å². The number of anilines is 2. The maximum Gasteiger partial charge on any atom is 0.230 e. The monoisotopic (exact) mass is 285 g/mol. The van der Waals surface area contributed by atoms with Crippen molar-refractivity contribution in [2.24, 2.45) is 0 Å². The molecule has 0 saturated heterocycles. The van der Waals surface area contributed by atoms with Gasteiger partial charge in [0.2, 0.25) is 5.95 Å². The second-order valence-corrected chi connectivity index (χ2v) is 4.31. The number of rotatable bonds is 3. The van der Waals surface area contributed by atoms with Crippen LogP contribution in [0, 0.1) is 0 Å². The van der Waals surface area contributed by atoms with E-state index in [0.717, 1.165) is 29.1 Å². The van der Waals surface area contributed by atoms with E-state index in [0.29, 0.717) is 0 Å². The smallest absolute Gasteiger partial charge is 0.230 e. The van der Waals surface area contributed by atoms with Crippen LogP contribution in [-0.4, -0.2) is 16.5 Å². The first-order valence-electron chi connectivity index (χ1n) is 6.43. The van der Waals surface area contributed by atoms with E-state index >= 15 is 0 Å². The van der Waals surface area contributed by atoms with Gasteiger partial charge in [-0.2, -0.15) is 0 Å². The third-order valence-corrected chi connectivity index (χ3v) is 3.10. The number of benzene rings is 2. The van der Waals surface area contributed by atoms with Crippen molar-refractivity contribution in [1.82, 2.24) is 9.97 Å². The lowest BCUT2D eigenvalue weighted by Gasteiger charge is -2.20. The molecular formula is C16H16ClN3. The lowest BCUT2D eigenvalue weighted by Crippen LogP contribution is -2.18. The van der Waals surface area contributed by atoms with E-state index in [1.807, 2.05) is 48.7 Å². The van der Waals surface area contributed by atoms with Gasteiger partial charge in [-0.05, 0) is 25.1 Å². The van der Waals surface area contributed by atoms with Crippen LogP contribution in [0.1, 0.15) is 6.92 Å². The van der Waals surface area contributed by atoms with Crippen molar-refractivity contribution in [2.75, 3.05) is 11.4 Å². The van der Waals surface area contributed by atoms with Crippen molar-refractivity contribution in [1.29, 1.82) is 0 Å². The van der Waals surface area contributed by atoms with Crippen LogP contribution in [0.4, 0.5) is 11.6 Å². The van der Waals surface area contributed by atoms with Crippen molar-refractivity contribution < 1.29 is 0 Å². The molecule has 4 heteroatoms. The van der Waals surface area contributed by atoms with E-state index in [9.17, 15) is 0 Å². The van der Waals surface area contributed by atoms with E-state index < -0.39 is 0 Å². The molecule has 0 unspecified atom stereocenters. The molecule has 3 rings (SSSR count). The molecule has 0 bridgehead atoms. The zero-order valence-corrected chi connectivity index (χ0v) is 12.0. The number of fused-ring (bicyclic) bond motifs is 1. The van der Waals surface area contributed by atoms with Gasteiger partial charge in [0.15, 0.2) is 0 Å². The maximum absolute atomic E-state index is 4.64. The van der Waals surface area contributed by atoms with Crippen molar-refractivity contribution in [3.8, 4) is 0 Å². The van der Waals surface area contributed by atoms with Gasteiger partial charge in [-0.25, -0.2) is 9.97 Å². The zero-order valence-electron chi connectivity index (χ0n) is 11.2. The molecule has 0 aliphatic carbocycles. The molecule has 0 aliphatic rings. The topological polar surface area (TPSA) is 29.0 Å². The summed E-state index contributed by atoms with van der Waals surface area (Å²) in [5.41, 5.74) is 2.09. The molecule has 1 heterocycles. The quantitative estimate of drug-likeness (QED) is 0.722. The fraction of sp³-hybridized carbons (Fsp3) is 0.125. The maximum atomic E-state index is 4.64. The van der Waals surface area contributed by atoms with Gasteiger partial charge in [0.1, 0.15) is 0 Å². The molecule has 0 spiro atoms. The number of nitrogens with zero attached hydrogens (tertiary/aromatic N) is 3. The first-order valence-corrected chi connectivity index (χ1v) is 6.43. The van der Waals surface area contributed by atoms with Crippen LogP contribution in [0.25, 0.3) is 10.9 Å². The standard InChI is InChI=1S/C16H15N3.ClH/c1-2-19(14-9-4-3-5-10-14)16-17-12-13-8-6-7-11-15(13)18-16;/h3-12H,2H2,1H3;1H. The van der Waals surface area contributed by atoms with Crippen LogP contribution in [-0.2, 0) is 0 Å². The molecule has 20 heavy (non-hydrogen) atoms. The van der Waals surface area contributed by atoms with Crippen molar-refractivity contribution in [2.45, 2.75) is 6.92 Å². The molecule has 0 atom stereocenters. The Labute approximate surface area is 124 Å². The van der Waals surface area contributed by atoms with Gasteiger partial charge >= 0.3 is 0 Å². The second kappa shape index (κ2) is 6.35. The van der Waals surface area contributed by atoms with Gasteiger partial charge in [-0.1, -0.05) is 36.4 Å². The van der Waals surface area contributed by atoms with Crippen LogP contribution >= 0.6 is 12.4 Å². The fourth-order valence-electron chi connectivity index (χ4n) is 2.14. The molecule has 2 aromatic carbocycles. The number of aromatic nitrogens is 2. The van der Waals surface area contributed by atoms with Gasteiger partial charge < -0.3 is 4.90 Å². The second-order valence-electron chi connectivity index (χ2n) is 4.31. The van der Waals surface area contributed by atoms with Gasteiger partial charge in [-0.3, -0.25) is 0 Å². The molecule has 102 valence electrons. The molecular weight excluding hydrogens is 270 g/mol. The summed E-state index contributed by atoms with van der Waals surface area (Å²) in [4.78, 5) is 11.2. The number of hydrogen-bond donors (Lipinski definition) is 0. The van der Waals surface area contributed by atoms with E-state index in [1.165, 1.54) is 0 Å². The molecule has 0 saturated carbocycles. The lowest BCUT2D eigenvalue weighted by molar-refractivity contribution is 0.957. The normalized spacial score (nSPS) is 10.1. The van der Waals surface area contributed by atoms with Crippen LogP contribution in [0.15, 0.2) is 60.8 Å². The highest BCUT2D eigenvalue weighted by molar-refractivity contribution is 5.85. The van der Waals surface area contributed by atoms with Crippen molar-refractivity contribution in [3.05, 3.63) is 60.8 Å². The Morgan fingerprint density at radius 2 is 1.65 bits per heavy atom. The molecule has 3 nitrogen and oxygen atoms in total. The SMILES string of the molecule is CCN(c1ccccc1)c1ncc2ccccc2n1.Cl. The number of halogens is 1. The molecule has 0 aliphatic heterocycles. The van der Waals surface area contributed by atoms with Crippen LogP contribution in [0.3, 0.4) is 0 Å². The van der Waals surface area contributed by atoms with Crippen LogP contribution in [0.2, 0.25) is 0 Å². The summed E-state index contributed by atoms with van der Waals surface area (Å²) in [5, 5.41) is 1.07. The molecule has 0 radical (unpaired) electrons. The largest absolute Gasteiger partial charge is 0.311 e. The minimum atomic E-state index is 0. The highest BCUT2D eigenvalue weighted by Gasteiger charge is 2.10. The van der Waals surface area contributed by atoms with Crippen molar-refractivity contribution >= 4 is 34.9 Å². The Bertz CT molecular complexity index is 685. The first-order chi connectivity index (χ1) is 9.38. The van der Waals surface area contributed by atoms with Gasteiger partial charge in [0, 0.05) is 23.8 Å². The molecule has 0 N–H and O–H groups in total. The predicted molar refractivity (Wildman–Crippen MR) is 85.9 cm³/mol. The Kier molecular flexibility index (Phi) is 4.53. The van der Waals surface area contributed by atoms with E-state index in [-0.39, 0.29) is 12.4 Å². The van der Waals surface area contributed by atoms with Gasteiger partial charge in [0.25, 0.3) is 0 Å². The Balaban J connectivity index is 0.00000147. The Morgan fingerprint density at radius 3 is 2.40 bits per heavy atom. The summed E-state index contributed by atoms with van der Waals surface area (Å²) in [7, 11) is 0. The van der Waals surface area contributed by atoms with Crippen LogP contribution < -0.4 is 4.90 Å². The summed E-state index contributed by atoms with van der Waals surface area (Å²) in [6, 6.07) is 18.2. The first kappa shape index (κ1) is 14.3. The Hall–Kier alpha value is -2.13. The Morgan fingerprint density at radius 1 is 0.950 bits per heavy atom. The average Bonchev–Trinajstić information content (AvgIpc) is 2.49. The minimum Gasteiger partial charge on any atom is -0.311 e. The predicted octanol–water partition coefficient (Wildman–Crippen LogP) is 4.21. The van der Waals surface area contributed by atoms with Gasteiger partial charge in [0.05, 0.1) is 5.52 Å². The number of para-hydroxylation sites is 2. The zero-order chi connectivity index (χ0) is 13.1. The summed E-state index contributed by atoms with van der Waals surface area (Å²) < 4.78 is 0. The number of hydrogen-bond acceptors (Lipinski definition) is 3. The average molecular weight is 286 g/mol. The lowest BCUT2D eigenvalue weighted by atomic mass is 10.2. The summed E-state index contributed by atoms with van der Waals surface area (Å²) in [6.45, 7) is 2.94. The third kappa shape index (κ3) is 2.73. The van der Waals surface area contributed by atoms with Gasteiger partial charge in [-0.15, -0.1) is 12.4 Å². The summed E-state index contributed by atoms with van der Waals surface area (Å²) in [5.74, 6) is 0.743. The highest BCUT2D eigenvalue weighted by atomic mass is 35.5. The van der Waals surface area contributed by atoms with Crippen LogP contribution in [0.5, 0.6) is 0 Å². The third-order valence-electron chi connectivity index (χ3n) is 3.10.